The first-order chi connectivity index (χ1) is 9.21. The molecule has 1 aliphatic carbocycles. The Morgan fingerprint density at radius 1 is 1.32 bits per heavy atom. The van der Waals surface area contributed by atoms with Gasteiger partial charge in [0.1, 0.15) is 5.75 Å². The number of nitrogens with one attached hydrogen (secondary N) is 1. The molecule has 1 saturated carbocycles. The fraction of sp³-hybridized carbons (Fsp3) is 0.625. The lowest BCUT2D eigenvalue weighted by molar-refractivity contribution is 0.285. The van der Waals surface area contributed by atoms with Gasteiger partial charge in [-0.15, -0.1) is 0 Å². The van der Waals surface area contributed by atoms with Crippen molar-refractivity contribution in [3.63, 3.8) is 0 Å². The molecule has 0 aromatic heterocycles. The van der Waals surface area contributed by atoms with E-state index < -0.39 is 0 Å². The highest BCUT2D eigenvalue weighted by Crippen LogP contribution is 2.41. The first-order valence-corrected chi connectivity index (χ1v) is 7.44. The number of ether oxygens (including phenoxy) is 1. The molecule has 3 heteroatoms. The molecule has 0 radical (unpaired) electrons. The highest BCUT2D eigenvalue weighted by atomic mass is 16.5. The van der Waals surface area contributed by atoms with Gasteiger partial charge in [-0.1, -0.05) is 0 Å². The van der Waals surface area contributed by atoms with E-state index >= 15 is 0 Å². The highest BCUT2D eigenvalue weighted by Gasteiger charge is 2.43. The summed E-state index contributed by atoms with van der Waals surface area (Å²) in [7, 11) is 0. The Balaban J connectivity index is 1.70. The second-order valence-electron chi connectivity index (χ2n) is 5.97. The van der Waals surface area contributed by atoms with Crippen LogP contribution in [0.15, 0.2) is 24.3 Å². The summed E-state index contributed by atoms with van der Waals surface area (Å²) in [4.78, 5) is 2.50. The molecule has 1 unspecified atom stereocenters. The van der Waals surface area contributed by atoms with E-state index in [0.29, 0.717) is 5.54 Å². The summed E-state index contributed by atoms with van der Waals surface area (Å²) in [5.74, 6) is 1.84. The summed E-state index contributed by atoms with van der Waals surface area (Å²) in [5.41, 5.74) is 1.62. The monoisotopic (exact) mass is 260 g/mol. The number of nitrogens with zero attached hydrogens (tertiary/aromatic N) is 1. The van der Waals surface area contributed by atoms with Gasteiger partial charge >= 0.3 is 0 Å². The average Bonchev–Trinajstić information content (AvgIpc) is 3.25. The van der Waals surface area contributed by atoms with E-state index in [1.165, 1.54) is 18.5 Å². The average molecular weight is 260 g/mol. The van der Waals surface area contributed by atoms with Gasteiger partial charge in [0.2, 0.25) is 0 Å². The van der Waals surface area contributed by atoms with Crippen LogP contribution in [-0.4, -0.2) is 31.8 Å². The van der Waals surface area contributed by atoms with Gasteiger partial charge in [0, 0.05) is 30.9 Å². The Bertz CT molecular complexity index is 427. The number of hydrogen-bond donors (Lipinski definition) is 1. The lowest BCUT2D eigenvalue weighted by atomic mass is 9.92. The van der Waals surface area contributed by atoms with E-state index in [1.807, 2.05) is 6.92 Å². The molecule has 0 amide bonds. The lowest BCUT2D eigenvalue weighted by Gasteiger charge is -2.43. The number of piperazine rings is 1. The van der Waals surface area contributed by atoms with Gasteiger partial charge in [0.25, 0.3) is 0 Å². The zero-order valence-electron chi connectivity index (χ0n) is 12.0. The van der Waals surface area contributed by atoms with Crippen molar-refractivity contribution in [2.75, 3.05) is 31.1 Å². The largest absolute Gasteiger partial charge is 0.494 e. The van der Waals surface area contributed by atoms with Crippen LogP contribution in [0.2, 0.25) is 0 Å². The number of benzene rings is 1. The van der Waals surface area contributed by atoms with Crippen molar-refractivity contribution in [2.24, 2.45) is 5.92 Å². The van der Waals surface area contributed by atoms with Crippen LogP contribution in [0.5, 0.6) is 5.75 Å². The fourth-order valence-electron chi connectivity index (χ4n) is 3.14. The standard InChI is InChI=1S/C16H24N2O/c1-3-19-15-8-6-14(7-9-15)18-11-10-17-16(2,12-18)13-4-5-13/h6-9,13,17H,3-5,10-12H2,1-2H3. The molecule has 1 aliphatic heterocycles. The van der Waals surface area contributed by atoms with Crippen LogP contribution < -0.4 is 15.0 Å². The molecule has 104 valence electrons. The zero-order chi connectivity index (χ0) is 13.3. The highest BCUT2D eigenvalue weighted by molar-refractivity contribution is 5.50. The van der Waals surface area contributed by atoms with E-state index in [2.05, 4.69) is 41.4 Å². The third-order valence-electron chi connectivity index (χ3n) is 4.42. The van der Waals surface area contributed by atoms with Crippen molar-refractivity contribution < 1.29 is 4.74 Å². The van der Waals surface area contributed by atoms with Crippen LogP contribution in [0.25, 0.3) is 0 Å². The van der Waals surface area contributed by atoms with Gasteiger partial charge in [-0.3, -0.25) is 0 Å². The van der Waals surface area contributed by atoms with Gasteiger partial charge in [0.15, 0.2) is 0 Å². The van der Waals surface area contributed by atoms with E-state index in [-0.39, 0.29) is 0 Å². The minimum Gasteiger partial charge on any atom is -0.494 e. The van der Waals surface area contributed by atoms with Crippen LogP contribution in [0.1, 0.15) is 26.7 Å². The van der Waals surface area contributed by atoms with Crippen molar-refractivity contribution in [1.82, 2.24) is 5.32 Å². The topological polar surface area (TPSA) is 24.5 Å². The van der Waals surface area contributed by atoms with Crippen molar-refractivity contribution in [2.45, 2.75) is 32.2 Å². The van der Waals surface area contributed by atoms with Gasteiger partial charge in [-0.05, 0) is 56.9 Å². The summed E-state index contributed by atoms with van der Waals surface area (Å²) in [6.07, 6.45) is 2.78. The fourth-order valence-corrected chi connectivity index (χ4v) is 3.14. The third kappa shape index (κ3) is 2.71. The lowest BCUT2D eigenvalue weighted by Crippen LogP contribution is -2.60. The Labute approximate surface area is 115 Å². The predicted molar refractivity (Wildman–Crippen MR) is 79.0 cm³/mol. The summed E-state index contributed by atoms with van der Waals surface area (Å²) >= 11 is 0. The Morgan fingerprint density at radius 3 is 2.68 bits per heavy atom. The molecular formula is C16H24N2O. The molecular weight excluding hydrogens is 236 g/mol. The molecule has 2 fully saturated rings. The SMILES string of the molecule is CCOc1ccc(N2CCNC(C)(C3CC3)C2)cc1. The quantitative estimate of drug-likeness (QED) is 0.901. The molecule has 19 heavy (non-hydrogen) atoms. The Hall–Kier alpha value is -1.22. The minimum absolute atomic E-state index is 0.302. The van der Waals surface area contributed by atoms with Crippen LogP contribution in [0, 0.1) is 5.92 Å². The molecule has 1 aromatic rings. The normalized spacial score (nSPS) is 27.4. The van der Waals surface area contributed by atoms with Crippen molar-refractivity contribution >= 4 is 5.69 Å². The molecule has 3 rings (SSSR count). The van der Waals surface area contributed by atoms with Gasteiger partial charge in [0.05, 0.1) is 6.61 Å². The van der Waals surface area contributed by atoms with Crippen LogP contribution in [0.4, 0.5) is 5.69 Å². The molecule has 1 atom stereocenters. The van der Waals surface area contributed by atoms with Crippen molar-refractivity contribution in [1.29, 1.82) is 0 Å². The number of anilines is 1. The molecule has 1 aromatic carbocycles. The zero-order valence-corrected chi connectivity index (χ0v) is 12.0. The third-order valence-corrected chi connectivity index (χ3v) is 4.42. The maximum atomic E-state index is 5.51. The van der Waals surface area contributed by atoms with E-state index in [0.717, 1.165) is 37.9 Å². The minimum atomic E-state index is 0.302. The van der Waals surface area contributed by atoms with Crippen molar-refractivity contribution in [3.8, 4) is 5.75 Å². The second kappa shape index (κ2) is 5.04. The van der Waals surface area contributed by atoms with E-state index in [4.69, 9.17) is 4.74 Å². The van der Waals surface area contributed by atoms with Crippen LogP contribution >= 0.6 is 0 Å². The molecule has 1 heterocycles. The van der Waals surface area contributed by atoms with E-state index in [1.54, 1.807) is 0 Å². The molecule has 1 N–H and O–H groups in total. The first-order valence-electron chi connectivity index (χ1n) is 7.44. The Morgan fingerprint density at radius 2 is 2.05 bits per heavy atom. The smallest absolute Gasteiger partial charge is 0.119 e. The van der Waals surface area contributed by atoms with E-state index in [9.17, 15) is 0 Å². The maximum absolute atomic E-state index is 5.51. The summed E-state index contributed by atoms with van der Waals surface area (Å²) in [6.45, 7) is 8.42. The molecule has 0 bridgehead atoms. The summed E-state index contributed by atoms with van der Waals surface area (Å²) < 4.78 is 5.51. The number of hydrogen-bond acceptors (Lipinski definition) is 3. The van der Waals surface area contributed by atoms with Gasteiger partial charge in [-0.25, -0.2) is 0 Å². The Kier molecular flexibility index (Phi) is 3.40. The molecule has 0 spiro atoms. The molecule has 2 aliphatic rings. The summed E-state index contributed by atoms with van der Waals surface area (Å²) in [6, 6.07) is 8.53. The van der Waals surface area contributed by atoms with Gasteiger partial charge < -0.3 is 15.0 Å². The van der Waals surface area contributed by atoms with Crippen LogP contribution in [0.3, 0.4) is 0 Å². The van der Waals surface area contributed by atoms with Crippen LogP contribution in [-0.2, 0) is 0 Å². The number of rotatable bonds is 4. The van der Waals surface area contributed by atoms with Crippen molar-refractivity contribution in [3.05, 3.63) is 24.3 Å². The second-order valence-corrected chi connectivity index (χ2v) is 5.97. The molecule has 1 saturated heterocycles. The molecule has 3 nitrogen and oxygen atoms in total. The first kappa shape index (κ1) is 12.8. The van der Waals surface area contributed by atoms with Gasteiger partial charge in [-0.2, -0.15) is 0 Å². The summed E-state index contributed by atoms with van der Waals surface area (Å²) in [5, 5.41) is 3.72. The predicted octanol–water partition coefficient (Wildman–Crippen LogP) is 2.66. The maximum Gasteiger partial charge on any atom is 0.119 e.